The number of amides is 2. The van der Waals surface area contributed by atoms with E-state index in [1.807, 2.05) is 24.3 Å². The highest BCUT2D eigenvalue weighted by molar-refractivity contribution is 6.21. The number of aliphatic hydroxyl groups excluding tert-OH is 1. The van der Waals surface area contributed by atoms with Crippen molar-refractivity contribution >= 4 is 11.8 Å². The van der Waals surface area contributed by atoms with E-state index in [1.54, 1.807) is 24.3 Å². The summed E-state index contributed by atoms with van der Waals surface area (Å²) < 4.78 is 5.41. The molecule has 1 fully saturated rings. The van der Waals surface area contributed by atoms with Crippen LogP contribution in [0.5, 0.6) is 5.75 Å². The topological polar surface area (TPSA) is 70.1 Å². The Hall–Kier alpha value is -2.70. The molecule has 6 nitrogen and oxygen atoms in total. The lowest BCUT2D eigenvalue weighted by molar-refractivity contribution is 0.0586. The number of carbonyl (C=O) groups excluding carboxylic acids is 2. The van der Waals surface area contributed by atoms with Gasteiger partial charge in [-0.05, 0) is 55.1 Å². The SMILES string of the molecule is O=C1c2ccccc2C(=O)N1C[C@@H]1CCCN(Cc2ccc(OCCO)cc2)C1. The second-order valence-electron chi connectivity index (χ2n) is 7.73. The zero-order chi connectivity index (χ0) is 20.2. The van der Waals surface area contributed by atoms with Crippen molar-refractivity contribution in [3.05, 3.63) is 65.2 Å². The molecule has 0 bridgehead atoms. The molecule has 0 spiro atoms. The predicted molar refractivity (Wildman–Crippen MR) is 109 cm³/mol. The first-order chi connectivity index (χ1) is 14.2. The van der Waals surface area contributed by atoms with Gasteiger partial charge in [-0.2, -0.15) is 0 Å². The maximum Gasteiger partial charge on any atom is 0.261 e. The standard InChI is InChI=1S/C23H26N2O4/c26-12-13-29-19-9-7-17(8-10-19)14-24-11-3-4-18(15-24)16-25-22(27)20-5-1-2-6-21(20)23(25)28/h1-2,5-10,18,26H,3-4,11-16H2/t18-/m1/s1. The first-order valence-electron chi connectivity index (χ1n) is 10.2. The average Bonchev–Trinajstić information content (AvgIpc) is 2.99. The van der Waals surface area contributed by atoms with E-state index in [9.17, 15) is 9.59 Å². The minimum atomic E-state index is -0.166. The van der Waals surface area contributed by atoms with Gasteiger partial charge in [-0.25, -0.2) is 0 Å². The Labute approximate surface area is 170 Å². The van der Waals surface area contributed by atoms with Gasteiger partial charge in [0.15, 0.2) is 0 Å². The van der Waals surface area contributed by atoms with Crippen molar-refractivity contribution in [2.45, 2.75) is 19.4 Å². The zero-order valence-electron chi connectivity index (χ0n) is 16.4. The maximum absolute atomic E-state index is 12.6. The number of likely N-dealkylation sites (tertiary alicyclic amines) is 1. The third kappa shape index (κ3) is 4.33. The van der Waals surface area contributed by atoms with Crippen LogP contribution in [0.15, 0.2) is 48.5 Å². The van der Waals surface area contributed by atoms with Crippen LogP contribution in [-0.2, 0) is 6.54 Å². The summed E-state index contributed by atoms with van der Waals surface area (Å²) in [6.45, 7) is 3.50. The Bertz CT molecular complexity index is 846. The number of piperidine rings is 1. The lowest BCUT2D eigenvalue weighted by Gasteiger charge is -2.34. The Morgan fingerprint density at radius 1 is 1.00 bits per heavy atom. The van der Waals surface area contributed by atoms with Crippen molar-refractivity contribution in [2.24, 2.45) is 5.92 Å². The normalized spacial score (nSPS) is 19.5. The van der Waals surface area contributed by atoms with Crippen LogP contribution >= 0.6 is 0 Å². The quantitative estimate of drug-likeness (QED) is 0.731. The van der Waals surface area contributed by atoms with Crippen LogP contribution in [-0.4, -0.2) is 59.6 Å². The van der Waals surface area contributed by atoms with Crippen molar-refractivity contribution in [2.75, 3.05) is 32.8 Å². The smallest absolute Gasteiger partial charge is 0.261 e. The molecule has 6 heteroatoms. The van der Waals surface area contributed by atoms with Gasteiger partial charge in [0.05, 0.1) is 17.7 Å². The van der Waals surface area contributed by atoms with Crippen molar-refractivity contribution in [1.82, 2.24) is 9.80 Å². The van der Waals surface area contributed by atoms with E-state index >= 15 is 0 Å². The zero-order valence-corrected chi connectivity index (χ0v) is 16.4. The molecule has 152 valence electrons. The van der Waals surface area contributed by atoms with E-state index in [1.165, 1.54) is 10.5 Å². The fraction of sp³-hybridized carbons (Fsp3) is 0.391. The minimum absolute atomic E-state index is 0.00399. The first kappa shape index (κ1) is 19.6. The van der Waals surface area contributed by atoms with Gasteiger partial charge in [0.1, 0.15) is 12.4 Å². The van der Waals surface area contributed by atoms with E-state index in [-0.39, 0.29) is 24.3 Å². The molecule has 2 amide bonds. The molecule has 2 aliphatic rings. The Balaban J connectivity index is 1.34. The second kappa shape index (κ2) is 8.76. The number of aliphatic hydroxyl groups is 1. The van der Waals surface area contributed by atoms with Crippen LogP contribution in [0.1, 0.15) is 39.1 Å². The molecule has 1 saturated heterocycles. The van der Waals surface area contributed by atoms with Gasteiger partial charge < -0.3 is 9.84 Å². The number of rotatable bonds is 7. The largest absolute Gasteiger partial charge is 0.491 e. The summed E-state index contributed by atoms with van der Waals surface area (Å²) in [6.07, 6.45) is 2.09. The van der Waals surface area contributed by atoms with E-state index in [4.69, 9.17) is 9.84 Å². The maximum atomic E-state index is 12.6. The van der Waals surface area contributed by atoms with E-state index in [0.29, 0.717) is 24.3 Å². The number of benzene rings is 2. The molecule has 0 unspecified atom stereocenters. The second-order valence-corrected chi connectivity index (χ2v) is 7.73. The number of nitrogens with zero attached hydrogens (tertiary/aromatic N) is 2. The molecular weight excluding hydrogens is 368 g/mol. The van der Waals surface area contributed by atoms with Gasteiger partial charge in [0.2, 0.25) is 0 Å². The average molecular weight is 394 g/mol. The number of imide groups is 1. The monoisotopic (exact) mass is 394 g/mol. The van der Waals surface area contributed by atoms with Crippen molar-refractivity contribution < 1.29 is 19.4 Å². The van der Waals surface area contributed by atoms with Gasteiger partial charge in [-0.1, -0.05) is 24.3 Å². The van der Waals surface area contributed by atoms with Crippen LogP contribution in [0.4, 0.5) is 0 Å². The van der Waals surface area contributed by atoms with Gasteiger partial charge in [-0.3, -0.25) is 19.4 Å². The molecule has 29 heavy (non-hydrogen) atoms. The molecule has 1 atom stereocenters. The summed E-state index contributed by atoms with van der Waals surface area (Å²) in [5, 5.41) is 8.83. The van der Waals surface area contributed by atoms with Crippen LogP contribution in [0.2, 0.25) is 0 Å². The van der Waals surface area contributed by atoms with Gasteiger partial charge in [0.25, 0.3) is 11.8 Å². The van der Waals surface area contributed by atoms with Crippen molar-refractivity contribution in [3.63, 3.8) is 0 Å². The summed E-state index contributed by atoms with van der Waals surface area (Å²) in [6, 6.07) is 15.0. The summed E-state index contributed by atoms with van der Waals surface area (Å²) in [7, 11) is 0. The van der Waals surface area contributed by atoms with Crippen molar-refractivity contribution in [3.8, 4) is 5.75 Å². The Kier molecular flexibility index (Phi) is 5.92. The molecule has 1 N–H and O–H groups in total. The third-order valence-corrected chi connectivity index (χ3v) is 5.61. The summed E-state index contributed by atoms with van der Waals surface area (Å²) >= 11 is 0. The first-order valence-corrected chi connectivity index (χ1v) is 10.2. The number of carbonyl (C=O) groups is 2. The fourth-order valence-corrected chi connectivity index (χ4v) is 4.22. The highest BCUT2D eigenvalue weighted by Gasteiger charge is 2.37. The molecule has 2 aliphatic heterocycles. The van der Waals surface area contributed by atoms with Gasteiger partial charge in [0, 0.05) is 19.6 Å². The highest BCUT2D eigenvalue weighted by atomic mass is 16.5. The third-order valence-electron chi connectivity index (χ3n) is 5.61. The predicted octanol–water partition coefficient (Wildman–Crippen LogP) is 2.57. The fourth-order valence-electron chi connectivity index (χ4n) is 4.22. The molecule has 0 aliphatic carbocycles. The van der Waals surface area contributed by atoms with E-state index in [2.05, 4.69) is 4.90 Å². The van der Waals surface area contributed by atoms with Gasteiger partial charge in [-0.15, -0.1) is 0 Å². The lowest BCUT2D eigenvalue weighted by Crippen LogP contribution is -2.42. The van der Waals surface area contributed by atoms with E-state index in [0.717, 1.165) is 38.2 Å². The van der Waals surface area contributed by atoms with Crippen molar-refractivity contribution in [1.29, 1.82) is 0 Å². The van der Waals surface area contributed by atoms with Crippen LogP contribution in [0, 0.1) is 5.92 Å². The highest BCUT2D eigenvalue weighted by Crippen LogP contribution is 2.26. The molecule has 2 aromatic carbocycles. The number of hydrogen-bond acceptors (Lipinski definition) is 5. The Morgan fingerprint density at radius 3 is 2.34 bits per heavy atom. The molecule has 2 heterocycles. The summed E-state index contributed by atoms with van der Waals surface area (Å²) in [5.74, 6) is 0.713. The van der Waals surface area contributed by atoms with Gasteiger partial charge >= 0.3 is 0 Å². The molecule has 0 saturated carbocycles. The molecule has 4 rings (SSSR count). The molecule has 2 aromatic rings. The number of ether oxygens (including phenoxy) is 1. The summed E-state index contributed by atoms with van der Waals surface area (Å²) in [4.78, 5) is 29.1. The molecule has 0 radical (unpaired) electrons. The van der Waals surface area contributed by atoms with Crippen LogP contribution in [0.25, 0.3) is 0 Å². The lowest BCUT2D eigenvalue weighted by atomic mass is 9.97. The minimum Gasteiger partial charge on any atom is -0.491 e. The Morgan fingerprint density at radius 2 is 1.69 bits per heavy atom. The van der Waals surface area contributed by atoms with E-state index < -0.39 is 0 Å². The summed E-state index contributed by atoms with van der Waals surface area (Å²) in [5.41, 5.74) is 2.24. The number of fused-ring (bicyclic) bond motifs is 1. The number of hydrogen-bond donors (Lipinski definition) is 1. The molecular formula is C23H26N2O4. The van der Waals surface area contributed by atoms with Crippen LogP contribution < -0.4 is 4.74 Å². The van der Waals surface area contributed by atoms with Crippen LogP contribution in [0.3, 0.4) is 0 Å². The molecule has 0 aromatic heterocycles.